The van der Waals surface area contributed by atoms with E-state index in [2.05, 4.69) is 20.3 Å². The lowest BCUT2D eigenvalue weighted by Gasteiger charge is -2.19. The van der Waals surface area contributed by atoms with Crippen LogP contribution in [0.5, 0.6) is 5.88 Å². The fourth-order valence-corrected chi connectivity index (χ4v) is 3.65. The Balaban J connectivity index is 1.53. The van der Waals surface area contributed by atoms with Gasteiger partial charge in [0, 0.05) is 11.6 Å². The SMILES string of the molecule is Cc1cnc(OC[C@@]2(c3ccccc3)C[C@H]2C(=O)Nc2ccc(C#N)cn2)c(C)n1. The monoisotopic (exact) mass is 399 g/mol. The first-order valence-corrected chi connectivity index (χ1v) is 9.67. The lowest BCUT2D eigenvalue weighted by molar-refractivity contribution is -0.117. The molecule has 0 radical (unpaired) electrons. The van der Waals surface area contributed by atoms with Crippen molar-refractivity contribution in [2.45, 2.75) is 25.7 Å². The molecule has 1 aromatic carbocycles. The molecule has 7 heteroatoms. The molecular weight excluding hydrogens is 378 g/mol. The normalized spacial score (nSPS) is 19.6. The summed E-state index contributed by atoms with van der Waals surface area (Å²) < 4.78 is 6.03. The second-order valence-electron chi connectivity index (χ2n) is 7.50. The second-order valence-corrected chi connectivity index (χ2v) is 7.50. The summed E-state index contributed by atoms with van der Waals surface area (Å²) in [6.07, 6.45) is 3.78. The highest BCUT2D eigenvalue weighted by Crippen LogP contribution is 2.55. The summed E-state index contributed by atoms with van der Waals surface area (Å²) in [5, 5.41) is 11.7. The number of hydrogen-bond acceptors (Lipinski definition) is 6. The first kappa shape index (κ1) is 19.5. The highest BCUT2D eigenvalue weighted by Gasteiger charge is 2.60. The number of nitrogens with one attached hydrogen (secondary N) is 1. The Kier molecular flexibility index (Phi) is 5.15. The maximum Gasteiger partial charge on any atom is 0.235 e. The van der Waals surface area contributed by atoms with Gasteiger partial charge >= 0.3 is 0 Å². The minimum absolute atomic E-state index is 0.119. The van der Waals surface area contributed by atoms with Gasteiger partial charge in [0.05, 0.1) is 29.1 Å². The molecule has 2 aromatic heterocycles. The van der Waals surface area contributed by atoms with Gasteiger partial charge in [0.15, 0.2) is 0 Å². The molecular formula is C23H21N5O2. The molecule has 3 aromatic rings. The first-order valence-electron chi connectivity index (χ1n) is 9.67. The minimum atomic E-state index is -0.434. The second kappa shape index (κ2) is 7.91. The Morgan fingerprint density at radius 1 is 1.20 bits per heavy atom. The zero-order valence-electron chi connectivity index (χ0n) is 16.8. The number of carbonyl (C=O) groups is 1. The van der Waals surface area contributed by atoms with Crippen LogP contribution in [-0.2, 0) is 10.2 Å². The largest absolute Gasteiger partial charge is 0.475 e. The number of hydrogen-bond donors (Lipinski definition) is 1. The van der Waals surface area contributed by atoms with Gasteiger partial charge in [-0.2, -0.15) is 5.26 Å². The summed E-state index contributed by atoms with van der Waals surface area (Å²) in [6.45, 7) is 4.07. The number of pyridine rings is 1. The average Bonchev–Trinajstić information content (AvgIpc) is 3.50. The zero-order valence-corrected chi connectivity index (χ0v) is 16.8. The van der Waals surface area contributed by atoms with Crippen LogP contribution in [0.3, 0.4) is 0 Å². The topological polar surface area (TPSA) is 101 Å². The van der Waals surface area contributed by atoms with Crippen molar-refractivity contribution in [2.24, 2.45) is 5.92 Å². The summed E-state index contributed by atoms with van der Waals surface area (Å²) >= 11 is 0. The van der Waals surface area contributed by atoms with E-state index < -0.39 is 5.41 Å². The Bertz CT molecular complexity index is 1110. The van der Waals surface area contributed by atoms with Crippen molar-refractivity contribution < 1.29 is 9.53 Å². The van der Waals surface area contributed by atoms with Crippen molar-refractivity contribution in [3.63, 3.8) is 0 Å². The van der Waals surface area contributed by atoms with Crippen molar-refractivity contribution >= 4 is 11.7 Å². The number of anilines is 1. The van der Waals surface area contributed by atoms with E-state index in [4.69, 9.17) is 10.00 Å². The molecule has 1 saturated carbocycles. The summed E-state index contributed by atoms with van der Waals surface area (Å²) in [5.74, 6) is 0.534. The number of aryl methyl sites for hydroxylation is 2. The predicted octanol–water partition coefficient (Wildman–Crippen LogP) is 3.34. The van der Waals surface area contributed by atoms with Crippen molar-refractivity contribution in [3.05, 3.63) is 77.4 Å². The molecule has 1 N–H and O–H groups in total. The third kappa shape index (κ3) is 3.85. The van der Waals surface area contributed by atoms with E-state index in [9.17, 15) is 4.79 Å². The predicted molar refractivity (Wildman–Crippen MR) is 111 cm³/mol. The molecule has 0 unspecified atom stereocenters. The van der Waals surface area contributed by atoms with Crippen LogP contribution in [0.4, 0.5) is 5.82 Å². The van der Waals surface area contributed by atoms with Crippen LogP contribution in [-0.4, -0.2) is 27.5 Å². The molecule has 2 atom stereocenters. The van der Waals surface area contributed by atoms with E-state index >= 15 is 0 Å². The molecule has 1 aliphatic rings. The summed E-state index contributed by atoms with van der Waals surface area (Å²) in [4.78, 5) is 25.8. The molecule has 150 valence electrons. The van der Waals surface area contributed by atoms with E-state index in [0.717, 1.165) is 17.0 Å². The molecule has 7 nitrogen and oxygen atoms in total. The molecule has 30 heavy (non-hydrogen) atoms. The lowest BCUT2D eigenvalue weighted by atomic mass is 9.94. The van der Waals surface area contributed by atoms with E-state index in [0.29, 0.717) is 30.3 Å². The van der Waals surface area contributed by atoms with E-state index in [1.54, 1.807) is 18.3 Å². The zero-order chi connectivity index (χ0) is 21.1. The van der Waals surface area contributed by atoms with E-state index in [1.165, 1.54) is 6.20 Å². The molecule has 0 aliphatic heterocycles. The van der Waals surface area contributed by atoms with Crippen LogP contribution in [0, 0.1) is 31.1 Å². The van der Waals surface area contributed by atoms with Crippen LogP contribution >= 0.6 is 0 Å². The van der Waals surface area contributed by atoms with Crippen LogP contribution in [0.15, 0.2) is 54.9 Å². The van der Waals surface area contributed by atoms with Crippen LogP contribution < -0.4 is 10.1 Å². The number of nitrogens with zero attached hydrogens (tertiary/aromatic N) is 4. The maximum absolute atomic E-state index is 12.9. The highest BCUT2D eigenvalue weighted by atomic mass is 16.5. The van der Waals surface area contributed by atoms with Crippen molar-refractivity contribution in [1.29, 1.82) is 5.26 Å². The van der Waals surface area contributed by atoms with Crippen LogP contribution in [0.1, 0.15) is 28.9 Å². The quantitative estimate of drug-likeness (QED) is 0.682. The fraction of sp³-hybridized carbons (Fsp3) is 0.261. The van der Waals surface area contributed by atoms with Crippen LogP contribution in [0.25, 0.3) is 0 Å². The number of amides is 1. The number of ether oxygens (including phenoxy) is 1. The number of aromatic nitrogens is 3. The molecule has 0 spiro atoms. The van der Waals surface area contributed by atoms with Gasteiger partial charge in [-0.1, -0.05) is 30.3 Å². The summed E-state index contributed by atoms with van der Waals surface area (Å²) in [7, 11) is 0. The number of benzene rings is 1. The first-order chi connectivity index (χ1) is 14.5. The summed E-state index contributed by atoms with van der Waals surface area (Å²) in [6, 6.07) is 15.2. The molecule has 0 saturated heterocycles. The van der Waals surface area contributed by atoms with Gasteiger partial charge in [0.1, 0.15) is 18.5 Å². The van der Waals surface area contributed by atoms with Gasteiger partial charge in [-0.3, -0.25) is 9.78 Å². The van der Waals surface area contributed by atoms with Gasteiger partial charge in [-0.15, -0.1) is 0 Å². The molecule has 1 fully saturated rings. The minimum Gasteiger partial charge on any atom is -0.475 e. The van der Waals surface area contributed by atoms with Gasteiger partial charge in [-0.05, 0) is 38.0 Å². The number of nitriles is 1. The number of rotatable bonds is 6. The summed E-state index contributed by atoms with van der Waals surface area (Å²) in [5.41, 5.74) is 2.62. The smallest absolute Gasteiger partial charge is 0.235 e. The van der Waals surface area contributed by atoms with Crippen molar-refractivity contribution in [2.75, 3.05) is 11.9 Å². The Morgan fingerprint density at radius 3 is 2.67 bits per heavy atom. The van der Waals surface area contributed by atoms with Gasteiger partial charge in [0.25, 0.3) is 0 Å². The maximum atomic E-state index is 12.9. The van der Waals surface area contributed by atoms with Gasteiger partial charge in [-0.25, -0.2) is 9.97 Å². The molecule has 1 aliphatic carbocycles. The number of carbonyl (C=O) groups excluding carboxylic acids is 1. The molecule has 2 heterocycles. The third-order valence-corrected chi connectivity index (χ3v) is 5.37. The highest BCUT2D eigenvalue weighted by molar-refractivity contribution is 5.95. The van der Waals surface area contributed by atoms with Crippen molar-refractivity contribution in [1.82, 2.24) is 15.0 Å². The van der Waals surface area contributed by atoms with Crippen LogP contribution in [0.2, 0.25) is 0 Å². The van der Waals surface area contributed by atoms with Gasteiger partial charge < -0.3 is 10.1 Å². The Hall–Kier alpha value is -3.79. The Morgan fingerprint density at radius 2 is 2.00 bits per heavy atom. The fourth-order valence-electron chi connectivity index (χ4n) is 3.65. The molecule has 1 amide bonds. The lowest BCUT2D eigenvalue weighted by Crippen LogP contribution is -2.27. The van der Waals surface area contributed by atoms with E-state index in [1.807, 2.05) is 50.2 Å². The standard InChI is InChI=1S/C23H21N5O2/c1-15-12-26-22(16(2)27-15)30-14-23(18-6-4-3-5-7-18)10-19(23)21(29)28-20-9-8-17(11-24)13-25-20/h3-9,12-13,19H,10,14H2,1-2H3,(H,25,28,29)/t19-,23+/m0/s1. The molecule has 0 bridgehead atoms. The van der Waals surface area contributed by atoms with E-state index in [-0.39, 0.29) is 11.8 Å². The molecule has 4 rings (SSSR count). The van der Waals surface area contributed by atoms with Crippen molar-refractivity contribution in [3.8, 4) is 11.9 Å². The average molecular weight is 399 g/mol. The third-order valence-electron chi connectivity index (χ3n) is 5.37. The van der Waals surface area contributed by atoms with Gasteiger partial charge in [0.2, 0.25) is 11.8 Å². The Labute approximate surface area is 174 Å².